The van der Waals surface area contributed by atoms with Crippen molar-refractivity contribution in [1.29, 1.82) is 0 Å². The maximum absolute atomic E-state index is 12.0. The van der Waals surface area contributed by atoms with Crippen LogP contribution < -0.4 is 11.1 Å². The first-order valence-corrected chi connectivity index (χ1v) is 9.60. The van der Waals surface area contributed by atoms with E-state index in [4.69, 9.17) is 10.5 Å². The highest BCUT2D eigenvalue weighted by molar-refractivity contribution is 7.98. The summed E-state index contributed by atoms with van der Waals surface area (Å²) in [6.45, 7) is 2.72. The monoisotopic (exact) mass is 352 g/mol. The molecule has 6 heteroatoms. The van der Waals surface area contributed by atoms with Gasteiger partial charge in [0.2, 0.25) is 5.91 Å². The first-order chi connectivity index (χ1) is 11.7. The number of rotatable bonds is 12. The molecule has 0 fully saturated rings. The predicted molar refractivity (Wildman–Crippen MR) is 98.7 cm³/mol. The average Bonchev–Trinajstić information content (AvgIpc) is 2.59. The fraction of sp³-hybridized carbons (Fsp3) is 0.556. The summed E-state index contributed by atoms with van der Waals surface area (Å²) in [6, 6.07) is 9.44. The zero-order chi connectivity index (χ0) is 17.6. The van der Waals surface area contributed by atoms with Gasteiger partial charge in [-0.15, -0.1) is 0 Å². The minimum Gasteiger partial charge on any atom is -0.464 e. The van der Waals surface area contributed by atoms with E-state index in [-0.39, 0.29) is 11.9 Å². The second kappa shape index (κ2) is 12.8. The summed E-state index contributed by atoms with van der Waals surface area (Å²) in [5, 5.41) is 2.80. The number of hydrogen-bond acceptors (Lipinski definition) is 5. The molecular weight excluding hydrogens is 324 g/mol. The molecule has 1 rings (SSSR count). The Balaban J connectivity index is 2.42. The van der Waals surface area contributed by atoms with Crippen LogP contribution >= 0.6 is 11.8 Å². The van der Waals surface area contributed by atoms with Crippen LogP contribution in [-0.2, 0) is 20.1 Å². The summed E-state index contributed by atoms with van der Waals surface area (Å²) >= 11 is 1.61. The Morgan fingerprint density at radius 1 is 1.21 bits per heavy atom. The van der Waals surface area contributed by atoms with Gasteiger partial charge in [0, 0.05) is 17.9 Å². The normalized spacial score (nSPS) is 11.8. The van der Waals surface area contributed by atoms with Gasteiger partial charge in [0.25, 0.3) is 0 Å². The third-order valence-corrected chi connectivity index (χ3v) is 4.52. The molecule has 0 radical (unpaired) electrons. The van der Waals surface area contributed by atoms with Crippen molar-refractivity contribution in [2.75, 3.05) is 18.9 Å². The number of amides is 1. The van der Waals surface area contributed by atoms with E-state index in [0.29, 0.717) is 25.3 Å². The van der Waals surface area contributed by atoms with Crippen LogP contribution in [0.5, 0.6) is 0 Å². The van der Waals surface area contributed by atoms with Crippen LogP contribution in [0, 0.1) is 0 Å². The molecule has 1 aromatic carbocycles. The Morgan fingerprint density at radius 2 is 1.96 bits per heavy atom. The van der Waals surface area contributed by atoms with Crippen LogP contribution in [0.3, 0.4) is 0 Å². The van der Waals surface area contributed by atoms with E-state index >= 15 is 0 Å². The Labute approximate surface area is 148 Å². The van der Waals surface area contributed by atoms with Gasteiger partial charge in [-0.2, -0.15) is 11.8 Å². The molecular formula is C18H28N2O3S. The number of benzene rings is 1. The van der Waals surface area contributed by atoms with Gasteiger partial charge in [0.1, 0.15) is 6.04 Å². The molecule has 0 saturated carbocycles. The lowest BCUT2D eigenvalue weighted by Gasteiger charge is -2.17. The van der Waals surface area contributed by atoms with Crippen molar-refractivity contribution >= 4 is 23.6 Å². The lowest BCUT2D eigenvalue weighted by Crippen LogP contribution is -2.43. The smallest absolute Gasteiger partial charge is 0.329 e. The number of thioether (sulfide) groups is 1. The molecule has 0 saturated heterocycles. The number of nitrogens with two attached hydrogens (primary N) is 1. The number of hydrogen-bond donors (Lipinski definition) is 2. The standard InChI is InChI=1S/C18H28N2O3S/c1-2-23-18(22)16(20-17(21)11-7-4-8-12-19)14-24-13-15-9-5-3-6-10-15/h3,5-6,9-10,16H,2,4,7-8,11-14,19H2,1H3,(H,20,21)/t16-/m0/s1. The third kappa shape index (κ3) is 8.93. The fourth-order valence-corrected chi connectivity index (χ4v) is 3.15. The van der Waals surface area contributed by atoms with Crippen molar-refractivity contribution in [3.63, 3.8) is 0 Å². The molecule has 0 aromatic heterocycles. The number of unbranched alkanes of at least 4 members (excludes halogenated alkanes) is 2. The Kier molecular flexibility index (Phi) is 11.0. The van der Waals surface area contributed by atoms with Gasteiger partial charge >= 0.3 is 5.97 Å². The van der Waals surface area contributed by atoms with Gasteiger partial charge in [-0.25, -0.2) is 4.79 Å². The average molecular weight is 353 g/mol. The van der Waals surface area contributed by atoms with Gasteiger partial charge in [-0.05, 0) is 31.9 Å². The molecule has 1 aromatic rings. The summed E-state index contributed by atoms with van der Waals surface area (Å²) in [5.74, 6) is 0.824. The molecule has 0 bridgehead atoms. The molecule has 1 amide bonds. The van der Waals surface area contributed by atoms with Gasteiger partial charge in [-0.3, -0.25) is 4.79 Å². The number of carbonyl (C=O) groups excluding carboxylic acids is 2. The maximum Gasteiger partial charge on any atom is 0.329 e. The molecule has 24 heavy (non-hydrogen) atoms. The molecule has 0 spiro atoms. The molecule has 3 N–H and O–H groups in total. The summed E-state index contributed by atoms with van der Waals surface area (Å²) in [6.07, 6.45) is 3.05. The van der Waals surface area contributed by atoms with Gasteiger partial charge in [0.05, 0.1) is 6.61 Å². The van der Waals surface area contributed by atoms with E-state index in [9.17, 15) is 9.59 Å². The van der Waals surface area contributed by atoms with E-state index in [1.165, 1.54) is 5.56 Å². The van der Waals surface area contributed by atoms with E-state index in [2.05, 4.69) is 5.32 Å². The summed E-state index contributed by atoms with van der Waals surface area (Å²) in [5.41, 5.74) is 6.63. The highest BCUT2D eigenvalue weighted by atomic mass is 32.2. The zero-order valence-corrected chi connectivity index (χ0v) is 15.1. The number of esters is 1. The Morgan fingerprint density at radius 3 is 2.62 bits per heavy atom. The largest absolute Gasteiger partial charge is 0.464 e. The predicted octanol–water partition coefficient (Wildman–Crippen LogP) is 2.49. The number of carbonyl (C=O) groups is 2. The minimum atomic E-state index is -0.597. The molecule has 0 aliphatic heterocycles. The SMILES string of the molecule is CCOC(=O)[C@H](CSCc1ccccc1)NC(=O)CCCCCN. The van der Waals surface area contributed by atoms with E-state index < -0.39 is 6.04 Å². The van der Waals surface area contributed by atoms with Crippen molar-refractivity contribution in [3.8, 4) is 0 Å². The summed E-state index contributed by atoms with van der Waals surface area (Å²) in [7, 11) is 0. The first kappa shape index (κ1) is 20.5. The molecule has 134 valence electrons. The third-order valence-electron chi connectivity index (χ3n) is 3.41. The Hall–Kier alpha value is -1.53. The quantitative estimate of drug-likeness (QED) is 0.446. The molecule has 0 aliphatic rings. The van der Waals surface area contributed by atoms with Crippen molar-refractivity contribution in [3.05, 3.63) is 35.9 Å². The van der Waals surface area contributed by atoms with Gasteiger partial charge in [0.15, 0.2) is 0 Å². The lowest BCUT2D eigenvalue weighted by molar-refractivity contribution is -0.146. The zero-order valence-electron chi connectivity index (χ0n) is 14.3. The van der Waals surface area contributed by atoms with Crippen molar-refractivity contribution in [1.82, 2.24) is 5.32 Å². The molecule has 0 unspecified atom stereocenters. The molecule has 0 aliphatic carbocycles. The van der Waals surface area contributed by atoms with Gasteiger partial charge < -0.3 is 15.8 Å². The van der Waals surface area contributed by atoms with Crippen molar-refractivity contribution < 1.29 is 14.3 Å². The van der Waals surface area contributed by atoms with Crippen molar-refractivity contribution in [2.24, 2.45) is 5.73 Å². The highest BCUT2D eigenvalue weighted by Crippen LogP contribution is 2.13. The van der Waals surface area contributed by atoms with E-state index in [1.54, 1.807) is 18.7 Å². The van der Waals surface area contributed by atoms with E-state index in [1.807, 2.05) is 30.3 Å². The molecule has 0 heterocycles. The minimum absolute atomic E-state index is 0.106. The fourth-order valence-electron chi connectivity index (χ4n) is 2.15. The van der Waals surface area contributed by atoms with Crippen LogP contribution in [-0.4, -0.2) is 36.8 Å². The first-order valence-electron chi connectivity index (χ1n) is 8.45. The summed E-state index contributed by atoms with van der Waals surface area (Å²) < 4.78 is 5.07. The number of ether oxygens (including phenoxy) is 1. The van der Waals surface area contributed by atoms with Crippen LogP contribution in [0.1, 0.15) is 38.2 Å². The van der Waals surface area contributed by atoms with E-state index in [0.717, 1.165) is 25.0 Å². The van der Waals surface area contributed by atoms with Crippen LogP contribution in [0.15, 0.2) is 30.3 Å². The summed E-state index contributed by atoms with van der Waals surface area (Å²) in [4.78, 5) is 24.0. The van der Waals surface area contributed by atoms with Gasteiger partial charge in [-0.1, -0.05) is 36.8 Å². The molecule has 1 atom stereocenters. The second-order valence-electron chi connectivity index (χ2n) is 5.47. The maximum atomic E-state index is 12.0. The topological polar surface area (TPSA) is 81.4 Å². The van der Waals surface area contributed by atoms with Crippen molar-refractivity contribution in [2.45, 2.75) is 44.4 Å². The van der Waals surface area contributed by atoms with Crippen LogP contribution in [0.2, 0.25) is 0 Å². The second-order valence-corrected chi connectivity index (χ2v) is 6.50. The number of nitrogens with one attached hydrogen (secondary N) is 1. The molecule has 5 nitrogen and oxygen atoms in total. The Bertz CT molecular complexity index is 482. The van der Waals surface area contributed by atoms with Crippen LogP contribution in [0.4, 0.5) is 0 Å². The highest BCUT2D eigenvalue weighted by Gasteiger charge is 2.21. The van der Waals surface area contributed by atoms with Crippen LogP contribution in [0.25, 0.3) is 0 Å². The lowest BCUT2D eigenvalue weighted by atomic mass is 10.2.